The van der Waals surface area contributed by atoms with Crippen LogP contribution in [-0.4, -0.2) is 32.4 Å². The van der Waals surface area contributed by atoms with E-state index < -0.39 is 32.4 Å². The van der Waals surface area contributed by atoms with Crippen molar-refractivity contribution in [3.8, 4) is 0 Å². The number of allylic oxidation sites excluding steroid dienone is 8. The molecule has 14 heavy (non-hydrogen) atoms. The Labute approximate surface area is 94.1 Å². The van der Waals surface area contributed by atoms with Gasteiger partial charge in [0.15, 0.2) is 0 Å². The van der Waals surface area contributed by atoms with E-state index in [1.807, 2.05) is 8.25 Å². The molecule has 0 spiro atoms. The van der Waals surface area contributed by atoms with Crippen LogP contribution in [-0.2, 0) is 0 Å². The van der Waals surface area contributed by atoms with Crippen LogP contribution >= 0.6 is 0 Å². The molecule has 0 N–H and O–H groups in total. The third-order valence-corrected chi connectivity index (χ3v) is 15.6. The molecule has 0 saturated carbocycles. The van der Waals surface area contributed by atoms with E-state index in [1.165, 1.54) is 0 Å². The van der Waals surface area contributed by atoms with E-state index in [4.69, 9.17) is 0 Å². The first kappa shape index (κ1) is 7.93. The van der Waals surface area contributed by atoms with Crippen LogP contribution in [0.3, 0.4) is 0 Å². The van der Waals surface area contributed by atoms with E-state index in [0.717, 1.165) is 0 Å². The first-order valence-corrected chi connectivity index (χ1v) is 13.2. The van der Waals surface area contributed by atoms with E-state index in [2.05, 4.69) is 42.8 Å². The number of hydrogen-bond donors (Lipinski definition) is 0. The van der Waals surface area contributed by atoms with Crippen molar-refractivity contribution in [3.63, 3.8) is 0 Å². The molecular formula is C12H8Ga2. The van der Waals surface area contributed by atoms with Gasteiger partial charge in [-0.2, -0.15) is 0 Å². The summed E-state index contributed by atoms with van der Waals surface area (Å²) in [5.41, 5.74) is 3.11. The summed E-state index contributed by atoms with van der Waals surface area (Å²) >= 11 is -2.56. The van der Waals surface area contributed by atoms with E-state index in [-0.39, 0.29) is 0 Å². The molecule has 0 unspecified atom stereocenters. The van der Waals surface area contributed by atoms with Gasteiger partial charge in [0.25, 0.3) is 0 Å². The molecule has 0 radical (unpaired) electrons. The average molecular weight is 292 g/mol. The van der Waals surface area contributed by atoms with Crippen LogP contribution in [0.1, 0.15) is 0 Å². The zero-order valence-electron chi connectivity index (χ0n) is 7.77. The quantitative estimate of drug-likeness (QED) is 0.600. The molecule has 4 aliphatic rings. The van der Waals surface area contributed by atoms with Gasteiger partial charge in [0.05, 0.1) is 0 Å². The van der Waals surface area contributed by atoms with Gasteiger partial charge in [-0.3, -0.25) is 0 Å². The van der Waals surface area contributed by atoms with Crippen LogP contribution in [0.4, 0.5) is 0 Å². The Morgan fingerprint density at radius 2 is 0.929 bits per heavy atom. The van der Waals surface area contributed by atoms with Gasteiger partial charge in [0, 0.05) is 0 Å². The zero-order valence-corrected chi connectivity index (χ0v) is 12.6. The molecule has 2 heteroatoms. The van der Waals surface area contributed by atoms with Crippen molar-refractivity contribution in [2.75, 3.05) is 0 Å². The van der Waals surface area contributed by atoms with E-state index in [9.17, 15) is 0 Å². The molecule has 62 valence electrons. The van der Waals surface area contributed by atoms with Gasteiger partial charge in [-0.05, 0) is 0 Å². The van der Waals surface area contributed by atoms with Crippen molar-refractivity contribution < 1.29 is 0 Å². The Bertz CT molecular complexity index is 464. The molecule has 0 nitrogen and oxygen atoms in total. The number of rotatable bonds is 0. The number of hydrogen-bond acceptors (Lipinski definition) is 0. The van der Waals surface area contributed by atoms with Gasteiger partial charge in [-0.1, -0.05) is 0 Å². The minimum absolute atomic E-state index is 1.28. The maximum atomic E-state index is 2.53. The summed E-state index contributed by atoms with van der Waals surface area (Å²) in [5, 5.41) is 0. The molecule has 4 aliphatic heterocycles. The zero-order chi connectivity index (χ0) is 9.12. The monoisotopic (exact) mass is 290 g/mol. The van der Waals surface area contributed by atoms with E-state index >= 15 is 0 Å². The summed E-state index contributed by atoms with van der Waals surface area (Å²) in [6.07, 6.45) is 9.54. The molecule has 0 aliphatic carbocycles. The second-order valence-corrected chi connectivity index (χ2v) is 14.3. The molecule has 0 atom stereocenters. The van der Waals surface area contributed by atoms with Crippen LogP contribution in [0.15, 0.2) is 62.2 Å². The molecule has 0 aromatic carbocycles. The molecule has 4 rings (SSSR count). The molecule has 0 amide bonds. The molecule has 0 saturated heterocycles. The third-order valence-electron chi connectivity index (χ3n) is 3.51. The first-order valence-electron chi connectivity index (χ1n) is 5.15. The molecule has 0 aromatic heterocycles. The SMILES string of the molecule is C1=[CH][Ga]2[CH]=CC3=[C]4[C]2=C1C=[CH][Ga]4[CH]=C3. The average Bonchev–Trinajstić information content (AvgIpc) is 2.77. The fourth-order valence-electron chi connectivity index (χ4n) is 2.87. The first-order chi connectivity index (χ1) is 6.93. The molecule has 0 fully saturated rings. The summed E-state index contributed by atoms with van der Waals surface area (Å²) in [6.45, 7) is 0. The predicted molar refractivity (Wildman–Crippen MR) is 62.1 cm³/mol. The Balaban J connectivity index is 2.07. The Kier molecular flexibility index (Phi) is 1.49. The van der Waals surface area contributed by atoms with E-state index in [1.54, 1.807) is 11.1 Å². The summed E-state index contributed by atoms with van der Waals surface area (Å²) in [6, 6.07) is 0. The van der Waals surface area contributed by atoms with Gasteiger partial charge in [-0.15, -0.1) is 0 Å². The van der Waals surface area contributed by atoms with Crippen LogP contribution in [0.25, 0.3) is 0 Å². The van der Waals surface area contributed by atoms with Crippen molar-refractivity contribution in [2.45, 2.75) is 0 Å². The minimum atomic E-state index is -1.28. The van der Waals surface area contributed by atoms with E-state index in [0.29, 0.717) is 0 Å². The van der Waals surface area contributed by atoms with Gasteiger partial charge < -0.3 is 0 Å². The summed E-state index contributed by atoms with van der Waals surface area (Å²) in [4.78, 5) is 0. The van der Waals surface area contributed by atoms with Crippen molar-refractivity contribution in [3.05, 3.63) is 62.2 Å². The Hall–Kier alpha value is -0.287. The maximum absolute atomic E-state index is 2.53. The van der Waals surface area contributed by atoms with Crippen LogP contribution in [0, 0.1) is 0 Å². The fourth-order valence-corrected chi connectivity index (χ4v) is 17.3. The van der Waals surface area contributed by atoms with Crippen LogP contribution in [0.5, 0.6) is 0 Å². The van der Waals surface area contributed by atoms with Crippen molar-refractivity contribution in [2.24, 2.45) is 0 Å². The predicted octanol–water partition coefficient (Wildman–Crippen LogP) is 2.08. The van der Waals surface area contributed by atoms with Crippen molar-refractivity contribution in [1.29, 1.82) is 0 Å². The molecule has 4 heterocycles. The fraction of sp³-hybridized carbons (Fsp3) is 0. The van der Waals surface area contributed by atoms with Gasteiger partial charge >= 0.3 is 94.7 Å². The standard InChI is InChI=1S/C12H8.2Ga/c1-5-11(6-2)9-10-12(7-3)8-4;;/h1-8H;;. The summed E-state index contributed by atoms with van der Waals surface area (Å²) in [7, 11) is 0. The Morgan fingerprint density at radius 3 is 1.29 bits per heavy atom. The van der Waals surface area contributed by atoms with Crippen molar-refractivity contribution in [1.82, 2.24) is 0 Å². The van der Waals surface area contributed by atoms with Crippen LogP contribution in [0.2, 0.25) is 0 Å². The van der Waals surface area contributed by atoms with Gasteiger partial charge in [0.2, 0.25) is 0 Å². The molecular weight excluding hydrogens is 284 g/mol. The van der Waals surface area contributed by atoms with Crippen LogP contribution < -0.4 is 0 Å². The normalized spacial score (nSPS) is 24.6. The second-order valence-electron chi connectivity index (χ2n) is 4.23. The van der Waals surface area contributed by atoms with Crippen molar-refractivity contribution >= 4 is 32.4 Å². The third kappa shape index (κ3) is 0.852. The Morgan fingerprint density at radius 1 is 0.571 bits per heavy atom. The second kappa shape index (κ2) is 2.64. The van der Waals surface area contributed by atoms with Gasteiger partial charge in [0.1, 0.15) is 0 Å². The molecule has 0 aromatic rings. The topological polar surface area (TPSA) is 0 Å². The summed E-state index contributed by atoms with van der Waals surface area (Å²) in [5.74, 6) is 0. The van der Waals surface area contributed by atoms with Gasteiger partial charge in [-0.25, -0.2) is 0 Å². The summed E-state index contributed by atoms with van der Waals surface area (Å²) < 4.78 is 13.7. The molecule has 0 bridgehead atoms.